The molecule has 98 valence electrons. The van der Waals surface area contributed by atoms with Crippen molar-refractivity contribution in [3.05, 3.63) is 52.9 Å². The molecule has 4 heteroatoms. The van der Waals surface area contributed by atoms with Gasteiger partial charge in [-0.3, -0.25) is 9.78 Å². The summed E-state index contributed by atoms with van der Waals surface area (Å²) in [6.45, 7) is 0. The first-order valence-electron chi connectivity index (χ1n) is 5.93. The van der Waals surface area contributed by atoms with Crippen LogP contribution in [0, 0.1) is 0 Å². The highest BCUT2D eigenvalue weighted by molar-refractivity contribution is 6.02. The summed E-state index contributed by atoms with van der Waals surface area (Å²) in [7, 11) is 5.04. The zero-order valence-electron chi connectivity index (χ0n) is 11.3. The summed E-state index contributed by atoms with van der Waals surface area (Å²) in [5.41, 5.74) is 1.70. The Morgan fingerprint density at radius 2 is 1.68 bits per heavy atom. The number of rotatable bonds is 0. The van der Waals surface area contributed by atoms with Crippen molar-refractivity contribution in [2.24, 2.45) is 7.05 Å². The number of aromatic nitrogens is 2. The average Bonchev–Trinajstić information content (AvgIpc) is 2.46. The van der Waals surface area contributed by atoms with Crippen LogP contribution in [0.2, 0.25) is 0 Å². The smallest absolute Gasteiger partial charge is 0.260 e. The highest BCUT2D eigenvalue weighted by Crippen LogP contribution is 2.19. The van der Waals surface area contributed by atoms with Gasteiger partial charge in [-0.1, -0.05) is 18.2 Å². The van der Waals surface area contributed by atoms with Crippen LogP contribution in [0.5, 0.6) is 0 Å². The first kappa shape index (κ1) is 13.2. The molecule has 0 aliphatic heterocycles. The quantitative estimate of drug-likeness (QED) is 0.580. The van der Waals surface area contributed by atoms with Crippen LogP contribution in [0.3, 0.4) is 0 Å². The number of benzene rings is 1. The Bertz CT molecular complexity index is 763. The molecule has 2 heterocycles. The normalized spacial score (nSPS) is 10.3. The predicted octanol–water partition coefficient (Wildman–Crippen LogP) is 2.35. The summed E-state index contributed by atoms with van der Waals surface area (Å²) in [4.78, 5) is 16.4. The fraction of sp³-hybridized carbons (Fsp3) is 0.200. The van der Waals surface area contributed by atoms with E-state index in [-0.39, 0.29) is 5.56 Å². The van der Waals surface area contributed by atoms with Gasteiger partial charge >= 0.3 is 0 Å². The van der Waals surface area contributed by atoms with E-state index in [1.807, 2.05) is 30.3 Å². The minimum Gasteiger partial charge on any atom is -0.388 e. The molecule has 0 saturated carbocycles. The Labute approximate surface area is 111 Å². The Balaban J connectivity index is 0.000000408. The van der Waals surface area contributed by atoms with E-state index in [1.165, 1.54) is 0 Å². The lowest BCUT2D eigenvalue weighted by Crippen LogP contribution is -2.17. The standard InChI is InChI=1S/C13H10N2O.C2H6O/c1-15-11-7-3-2-5-9(11)12-10(13(15)16)6-4-8-14-12;1-3-2/h2-8H,1H3;1-2H3. The van der Waals surface area contributed by atoms with Gasteiger partial charge in [0.25, 0.3) is 5.56 Å². The second-order valence-electron chi connectivity index (χ2n) is 4.19. The van der Waals surface area contributed by atoms with Crippen LogP contribution < -0.4 is 5.56 Å². The van der Waals surface area contributed by atoms with Crippen LogP contribution in [-0.2, 0) is 11.8 Å². The minimum atomic E-state index is 0.00167. The van der Waals surface area contributed by atoms with E-state index in [0.29, 0.717) is 5.39 Å². The van der Waals surface area contributed by atoms with Gasteiger partial charge in [0.2, 0.25) is 0 Å². The van der Waals surface area contributed by atoms with E-state index in [9.17, 15) is 4.79 Å². The van der Waals surface area contributed by atoms with Crippen LogP contribution in [-0.4, -0.2) is 23.8 Å². The van der Waals surface area contributed by atoms with Gasteiger partial charge in [0.1, 0.15) is 0 Å². The molecule has 3 rings (SSSR count). The molecule has 19 heavy (non-hydrogen) atoms. The fourth-order valence-corrected chi connectivity index (χ4v) is 2.05. The van der Waals surface area contributed by atoms with Crippen molar-refractivity contribution >= 4 is 21.8 Å². The number of hydrogen-bond acceptors (Lipinski definition) is 3. The van der Waals surface area contributed by atoms with Crippen LogP contribution in [0.1, 0.15) is 0 Å². The molecule has 0 unspecified atom stereocenters. The number of nitrogens with zero attached hydrogens (tertiary/aromatic N) is 2. The molecule has 0 bridgehead atoms. The third kappa shape index (κ3) is 2.35. The van der Waals surface area contributed by atoms with Crippen molar-refractivity contribution in [1.29, 1.82) is 0 Å². The van der Waals surface area contributed by atoms with E-state index >= 15 is 0 Å². The van der Waals surface area contributed by atoms with Gasteiger partial charge in [0.05, 0.1) is 16.4 Å². The van der Waals surface area contributed by atoms with Crippen LogP contribution >= 0.6 is 0 Å². The summed E-state index contributed by atoms with van der Waals surface area (Å²) < 4.78 is 5.92. The highest BCUT2D eigenvalue weighted by atomic mass is 16.4. The van der Waals surface area contributed by atoms with Crippen molar-refractivity contribution in [1.82, 2.24) is 9.55 Å². The summed E-state index contributed by atoms with van der Waals surface area (Å²) in [6.07, 6.45) is 1.72. The van der Waals surface area contributed by atoms with Crippen LogP contribution in [0.25, 0.3) is 21.8 Å². The average molecular weight is 256 g/mol. The number of hydrogen-bond donors (Lipinski definition) is 0. The zero-order valence-corrected chi connectivity index (χ0v) is 11.3. The maximum absolute atomic E-state index is 12.1. The molecule has 3 aromatic rings. The van der Waals surface area contributed by atoms with Gasteiger partial charge < -0.3 is 9.30 Å². The first-order chi connectivity index (χ1) is 9.20. The fourth-order valence-electron chi connectivity index (χ4n) is 2.05. The van der Waals surface area contributed by atoms with Crippen molar-refractivity contribution < 1.29 is 4.74 Å². The summed E-state index contributed by atoms with van der Waals surface area (Å²) in [5.74, 6) is 0. The highest BCUT2D eigenvalue weighted by Gasteiger charge is 2.07. The molecule has 0 atom stereocenters. The van der Waals surface area contributed by atoms with Gasteiger partial charge in [0, 0.05) is 32.9 Å². The zero-order chi connectivity index (χ0) is 13.8. The Hall–Kier alpha value is -2.20. The van der Waals surface area contributed by atoms with Crippen molar-refractivity contribution in [3.63, 3.8) is 0 Å². The number of para-hydroxylation sites is 1. The van der Waals surface area contributed by atoms with Gasteiger partial charge in [-0.2, -0.15) is 0 Å². The molecule has 0 amide bonds. The van der Waals surface area contributed by atoms with E-state index in [4.69, 9.17) is 0 Å². The van der Waals surface area contributed by atoms with Gasteiger partial charge in [-0.25, -0.2) is 0 Å². The predicted molar refractivity (Wildman–Crippen MR) is 77.4 cm³/mol. The van der Waals surface area contributed by atoms with Gasteiger partial charge in [-0.05, 0) is 18.2 Å². The Morgan fingerprint density at radius 1 is 1.05 bits per heavy atom. The summed E-state index contributed by atoms with van der Waals surface area (Å²) in [6, 6.07) is 11.4. The lowest BCUT2D eigenvalue weighted by Gasteiger charge is -2.07. The molecule has 0 N–H and O–H groups in total. The second-order valence-corrected chi connectivity index (χ2v) is 4.19. The third-order valence-corrected chi connectivity index (χ3v) is 2.86. The molecule has 4 nitrogen and oxygen atoms in total. The number of fused-ring (bicyclic) bond motifs is 3. The van der Waals surface area contributed by atoms with E-state index in [0.717, 1.165) is 16.4 Å². The largest absolute Gasteiger partial charge is 0.388 e. The van der Waals surface area contributed by atoms with Crippen molar-refractivity contribution in [2.45, 2.75) is 0 Å². The lowest BCUT2D eigenvalue weighted by atomic mass is 10.1. The van der Waals surface area contributed by atoms with E-state index in [1.54, 1.807) is 38.1 Å². The number of aryl methyl sites for hydroxylation is 1. The van der Waals surface area contributed by atoms with Crippen LogP contribution in [0.4, 0.5) is 0 Å². The SMILES string of the molecule is COC.Cn1c(=O)c2cccnc2c2ccccc21. The van der Waals surface area contributed by atoms with E-state index < -0.39 is 0 Å². The lowest BCUT2D eigenvalue weighted by molar-refractivity contribution is 0.277. The second kappa shape index (κ2) is 5.63. The van der Waals surface area contributed by atoms with Crippen molar-refractivity contribution in [2.75, 3.05) is 14.2 Å². The summed E-state index contributed by atoms with van der Waals surface area (Å²) >= 11 is 0. The molecule has 2 aromatic heterocycles. The molecule has 0 saturated heterocycles. The topological polar surface area (TPSA) is 44.1 Å². The maximum atomic E-state index is 12.1. The molecule has 0 aliphatic rings. The molecule has 0 aliphatic carbocycles. The Kier molecular flexibility index (Phi) is 3.92. The van der Waals surface area contributed by atoms with Crippen molar-refractivity contribution in [3.8, 4) is 0 Å². The van der Waals surface area contributed by atoms with E-state index in [2.05, 4.69) is 9.72 Å². The Morgan fingerprint density at radius 3 is 2.42 bits per heavy atom. The molecular weight excluding hydrogens is 240 g/mol. The van der Waals surface area contributed by atoms with Crippen LogP contribution in [0.15, 0.2) is 47.4 Å². The number of methoxy groups -OCH3 is 1. The molecule has 0 spiro atoms. The first-order valence-corrected chi connectivity index (χ1v) is 5.93. The molecule has 0 radical (unpaired) electrons. The molecule has 0 fully saturated rings. The van der Waals surface area contributed by atoms with Gasteiger partial charge in [-0.15, -0.1) is 0 Å². The number of pyridine rings is 2. The maximum Gasteiger partial charge on any atom is 0.260 e. The monoisotopic (exact) mass is 256 g/mol. The number of ether oxygens (including phenoxy) is 1. The minimum absolute atomic E-state index is 0.00167. The molecular formula is C15H16N2O2. The summed E-state index contributed by atoms with van der Waals surface area (Å²) in [5, 5.41) is 1.68. The van der Waals surface area contributed by atoms with Gasteiger partial charge in [0.15, 0.2) is 0 Å². The molecule has 1 aromatic carbocycles. The third-order valence-electron chi connectivity index (χ3n) is 2.86.